The predicted octanol–water partition coefficient (Wildman–Crippen LogP) is 4.41. The van der Waals surface area contributed by atoms with Crippen LogP contribution in [-0.4, -0.2) is 35.3 Å². The minimum atomic E-state index is -0.699. The third-order valence-electron chi connectivity index (χ3n) is 4.51. The first kappa shape index (κ1) is 17.2. The predicted molar refractivity (Wildman–Crippen MR) is 101 cm³/mol. The minimum Gasteiger partial charge on any atom is -0.345 e. The Morgan fingerprint density at radius 3 is 1.64 bits per heavy atom. The maximum atomic E-state index is 12.5. The Bertz CT molecular complexity index is 659. The van der Waals surface area contributed by atoms with Crippen LogP contribution in [0.2, 0.25) is 0 Å². The summed E-state index contributed by atoms with van der Waals surface area (Å²) in [6.07, 6.45) is 0.983. The van der Waals surface area contributed by atoms with E-state index in [1.165, 1.54) is 0 Å². The van der Waals surface area contributed by atoms with Crippen LogP contribution in [0, 0.1) is 0 Å². The van der Waals surface area contributed by atoms with Gasteiger partial charge in [-0.15, -0.1) is 23.5 Å². The van der Waals surface area contributed by atoms with Gasteiger partial charge in [0.15, 0.2) is 5.79 Å². The minimum absolute atomic E-state index is 0.0279. The van der Waals surface area contributed by atoms with Crippen molar-refractivity contribution in [2.45, 2.75) is 38.9 Å². The number of benzene rings is 2. The van der Waals surface area contributed by atoms with Gasteiger partial charge in [-0.05, 0) is 24.3 Å². The van der Waals surface area contributed by atoms with E-state index < -0.39 is 5.79 Å². The van der Waals surface area contributed by atoms with Gasteiger partial charge in [-0.2, -0.15) is 0 Å². The number of ketones is 1. The Kier molecular flexibility index (Phi) is 5.17. The standard InChI is InChI=1S/C20H20O3S2/c21-15-13-18(24-16-7-3-1-4-8-16)20(22-11-12-23-20)19(14-15)25-17-9-5-2-6-10-17/h1-10,18-19H,11-14H2/t18-,19-/m0/s1. The monoisotopic (exact) mass is 372 g/mol. The highest BCUT2D eigenvalue weighted by atomic mass is 32.2. The molecule has 0 N–H and O–H groups in total. The Hall–Kier alpha value is -1.27. The molecule has 0 unspecified atom stereocenters. The maximum absolute atomic E-state index is 12.5. The van der Waals surface area contributed by atoms with E-state index in [9.17, 15) is 4.79 Å². The molecule has 1 saturated carbocycles. The number of rotatable bonds is 4. The molecule has 2 atom stereocenters. The molecule has 130 valence electrons. The molecule has 1 aliphatic heterocycles. The Labute approximate surface area is 156 Å². The van der Waals surface area contributed by atoms with Crippen molar-refractivity contribution in [2.24, 2.45) is 0 Å². The molecular formula is C20H20O3S2. The van der Waals surface area contributed by atoms with E-state index in [0.29, 0.717) is 26.1 Å². The van der Waals surface area contributed by atoms with Crippen LogP contribution >= 0.6 is 23.5 Å². The summed E-state index contributed by atoms with van der Waals surface area (Å²) in [5.74, 6) is -0.416. The van der Waals surface area contributed by atoms with Gasteiger partial charge < -0.3 is 9.47 Å². The molecule has 0 aromatic heterocycles. The highest BCUT2D eigenvalue weighted by molar-refractivity contribution is 8.01. The zero-order valence-electron chi connectivity index (χ0n) is 13.8. The van der Waals surface area contributed by atoms with Crippen LogP contribution in [0.15, 0.2) is 70.5 Å². The van der Waals surface area contributed by atoms with Crippen LogP contribution in [0.4, 0.5) is 0 Å². The van der Waals surface area contributed by atoms with Crippen LogP contribution in [-0.2, 0) is 14.3 Å². The van der Waals surface area contributed by atoms with Crippen molar-refractivity contribution >= 4 is 29.3 Å². The average Bonchev–Trinajstić information content (AvgIpc) is 3.12. The zero-order chi connectivity index (χ0) is 17.1. The summed E-state index contributed by atoms with van der Waals surface area (Å²) < 4.78 is 12.4. The molecular weight excluding hydrogens is 352 g/mol. The van der Waals surface area contributed by atoms with E-state index in [1.807, 2.05) is 36.4 Å². The highest BCUT2D eigenvalue weighted by Crippen LogP contribution is 2.49. The smallest absolute Gasteiger partial charge is 0.193 e. The van der Waals surface area contributed by atoms with E-state index in [4.69, 9.17) is 9.47 Å². The molecule has 3 nitrogen and oxygen atoms in total. The van der Waals surface area contributed by atoms with E-state index in [2.05, 4.69) is 24.3 Å². The number of hydrogen-bond donors (Lipinski definition) is 0. The summed E-state index contributed by atoms with van der Waals surface area (Å²) in [6, 6.07) is 20.4. The Balaban J connectivity index is 1.62. The van der Waals surface area contributed by atoms with Gasteiger partial charge in [0.2, 0.25) is 0 Å². The first-order valence-corrected chi connectivity index (χ1v) is 10.3. The molecule has 1 spiro atoms. The Morgan fingerprint density at radius 1 is 0.760 bits per heavy atom. The van der Waals surface area contributed by atoms with E-state index in [-0.39, 0.29) is 16.3 Å². The van der Waals surface area contributed by atoms with Crippen molar-refractivity contribution in [3.63, 3.8) is 0 Å². The van der Waals surface area contributed by atoms with Crippen molar-refractivity contribution in [3.05, 3.63) is 60.7 Å². The first-order valence-electron chi connectivity index (χ1n) is 8.49. The molecule has 1 aliphatic carbocycles. The van der Waals surface area contributed by atoms with Crippen LogP contribution in [0.25, 0.3) is 0 Å². The van der Waals surface area contributed by atoms with Gasteiger partial charge in [0, 0.05) is 22.6 Å². The fraction of sp³-hybridized carbons (Fsp3) is 0.350. The summed E-state index contributed by atoms with van der Waals surface area (Å²) >= 11 is 3.39. The molecule has 1 saturated heterocycles. The molecule has 1 heterocycles. The molecule has 0 bridgehead atoms. The van der Waals surface area contributed by atoms with Gasteiger partial charge in [0.05, 0.1) is 23.7 Å². The van der Waals surface area contributed by atoms with Crippen molar-refractivity contribution in [2.75, 3.05) is 13.2 Å². The molecule has 2 aromatic rings. The zero-order valence-corrected chi connectivity index (χ0v) is 15.4. The van der Waals surface area contributed by atoms with Gasteiger partial charge in [0.1, 0.15) is 5.78 Å². The first-order chi connectivity index (χ1) is 12.3. The number of Topliss-reactive ketones (excluding diaryl/α,β-unsaturated/α-hetero) is 1. The van der Waals surface area contributed by atoms with Gasteiger partial charge in [0.25, 0.3) is 0 Å². The number of carbonyl (C=O) groups is 1. The molecule has 5 heteroatoms. The van der Waals surface area contributed by atoms with Crippen molar-refractivity contribution < 1.29 is 14.3 Å². The lowest BCUT2D eigenvalue weighted by Crippen LogP contribution is -2.55. The molecule has 2 aromatic carbocycles. The van der Waals surface area contributed by atoms with Gasteiger partial charge in [-0.1, -0.05) is 36.4 Å². The van der Waals surface area contributed by atoms with E-state index >= 15 is 0 Å². The van der Waals surface area contributed by atoms with Gasteiger partial charge in [-0.3, -0.25) is 4.79 Å². The largest absolute Gasteiger partial charge is 0.345 e. The van der Waals surface area contributed by atoms with Gasteiger partial charge >= 0.3 is 0 Å². The fourth-order valence-corrected chi connectivity index (χ4v) is 6.22. The summed E-state index contributed by atoms with van der Waals surface area (Å²) in [7, 11) is 0. The molecule has 0 radical (unpaired) electrons. The highest BCUT2D eigenvalue weighted by Gasteiger charge is 2.55. The maximum Gasteiger partial charge on any atom is 0.193 e. The summed E-state index contributed by atoms with van der Waals surface area (Å²) in [5, 5.41) is -0.0558. The summed E-state index contributed by atoms with van der Waals surface area (Å²) in [5.41, 5.74) is 0. The summed E-state index contributed by atoms with van der Waals surface area (Å²) in [4.78, 5) is 14.8. The number of thioether (sulfide) groups is 2. The molecule has 2 aliphatic rings. The average molecular weight is 373 g/mol. The fourth-order valence-electron chi connectivity index (χ4n) is 3.38. The Morgan fingerprint density at radius 2 is 1.20 bits per heavy atom. The third kappa shape index (κ3) is 3.65. The lowest BCUT2D eigenvalue weighted by Gasteiger charge is -2.43. The van der Waals surface area contributed by atoms with E-state index in [1.54, 1.807) is 23.5 Å². The van der Waals surface area contributed by atoms with Gasteiger partial charge in [-0.25, -0.2) is 0 Å². The van der Waals surface area contributed by atoms with Crippen LogP contribution in [0.3, 0.4) is 0 Å². The number of ether oxygens (including phenoxy) is 2. The van der Waals surface area contributed by atoms with Crippen molar-refractivity contribution in [1.29, 1.82) is 0 Å². The second-order valence-electron chi connectivity index (χ2n) is 6.20. The normalized spacial score (nSPS) is 25.4. The molecule has 0 amide bonds. The van der Waals surface area contributed by atoms with Crippen LogP contribution < -0.4 is 0 Å². The number of hydrogen-bond acceptors (Lipinski definition) is 5. The second kappa shape index (κ2) is 7.54. The van der Waals surface area contributed by atoms with E-state index in [0.717, 1.165) is 9.79 Å². The summed E-state index contributed by atoms with van der Waals surface area (Å²) in [6.45, 7) is 1.18. The van der Waals surface area contributed by atoms with Crippen molar-refractivity contribution in [3.8, 4) is 0 Å². The van der Waals surface area contributed by atoms with Crippen LogP contribution in [0.1, 0.15) is 12.8 Å². The molecule has 25 heavy (non-hydrogen) atoms. The quantitative estimate of drug-likeness (QED) is 0.794. The van der Waals surface area contributed by atoms with Crippen LogP contribution in [0.5, 0.6) is 0 Å². The SMILES string of the molecule is O=C1C[C@H](Sc2ccccc2)C2(OCCO2)[C@@H](Sc2ccccc2)C1. The lowest BCUT2D eigenvalue weighted by atomic mass is 9.92. The number of carbonyl (C=O) groups excluding carboxylic acids is 1. The molecule has 4 rings (SSSR count). The van der Waals surface area contributed by atoms with Crippen molar-refractivity contribution in [1.82, 2.24) is 0 Å². The third-order valence-corrected chi connectivity index (χ3v) is 7.15. The molecule has 2 fully saturated rings. The topological polar surface area (TPSA) is 35.5 Å². The lowest BCUT2D eigenvalue weighted by molar-refractivity contribution is -0.171. The second-order valence-corrected chi connectivity index (χ2v) is 8.76.